The standard InChI is InChI=1S/C10H8FN3O2/c11-8-3-1-2-4-9(8)14-7(5-10(15)16)6-12-13-14/h1-4,6H,5H2,(H,15,16). The van der Waals surface area contributed by atoms with Gasteiger partial charge in [0.15, 0.2) is 0 Å². The van der Waals surface area contributed by atoms with Gasteiger partial charge in [-0.3, -0.25) is 4.79 Å². The number of aliphatic carboxylic acids is 1. The van der Waals surface area contributed by atoms with E-state index in [1.807, 2.05) is 0 Å². The molecule has 82 valence electrons. The number of benzene rings is 1. The molecule has 0 saturated heterocycles. The summed E-state index contributed by atoms with van der Waals surface area (Å²) < 4.78 is 14.6. The molecule has 2 rings (SSSR count). The first-order chi connectivity index (χ1) is 7.68. The Labute approximate surface area is 90.1 Å². The minimum atomic E-state index is -1.01. The predicted molar refractivity (Wildman–Crippen MR) is 52.7 cm³/mol. The fourth-order valence-electron chi connectivity index (χ4n) is 1.36. The molecule has 0 aliphatic carbocycles. The van der Waals surface area contributed by atoms with Gasteiger partial charge in [-0.25, -0.2) is 9.07 Å². The topological polar surface area (TPSA) is 68.0 Å². The van der Waals surface area contributed by atoms with E-state index in [1.165, 1.54) is 23.0 Å². The van der Waals surface area contributed by atoms with Crippen molar-refractivity contribution in [2.45, 2.75) is 6.42 Å². The summed E-state index contributed by atoms with van der Waals surface area (Å²) in [7, 11) is 0. The second kappa shape index (κ2) is 4.09. The number of carboxylic acid groups (broad SMARTS) is 1. The number of rotatable bonds is 3. The SMILES string of the molecule is O=C(O)Cc1cnnn1-c1ccccc1F. The maximum absolute atomic E-state index is 13.4. The van der Waals surface area contributed by atoms with Crippen molar-refractivity contribution in [1.29, 1.82) is 0 Å². The molecule has 1 N–H and O–H groups in total. The second-order valence-electron chi connectivity index (χ2n) is 3.16. The van der Waals surface area contributed by atoms with Crippen molar-refractivity contribution in [2.24, 2.45) is 0 Å². The van der Waals surface area contributed by atoms with E-state index in [-0.39, 0.29) is 12.1 Å². The van der Waals surface area contributed by atoms with E-state index in [0.717, 1.165) is 0 Å². The molecule has 0 amide bonds. The monoisotopic (exact) mass is 221 g/mol. The number of nitrogens with zero attached hydrogens (tertiary/aromatic N) is 3. The third-order valence-electron chi connectivity index (χ3n) is 2.03. The Morgan fingerprint density at radius 3 is 2.88 bits per heavy atom. The summed E-state index contributed by atoms with van der Waals surface area (Å²) in [5.41, 5.74) is 0.522. The van der Waals surface area contributed by atoms with Gasteiger partial charge in [-0.2, -0.15) is 0 Å². The van der Waals surface area contributed by atoms with Crippen LogP contribution in [-0.2, 0) is 11.2 Å². The van der Waals surface area contributed by atoms with Crippen LogP contribution in [0, 0.1) is 5.82 Å². The van der Waals surface area contributed by atoms with Crippen molar-refractivity contribution >= 4 is 5.97 Å². The summed E-state index contributed by atoms with van der Waals surface area (Å²) in [4.78, 5) is 10.6. The van der Waals surface area contributed by atoms with E-state index in [9.17, 15) is 9.18 Å². The number of carboxylic acids is 1. The molecule has 0 atom stereocenters. The highest BCUT2D eigenvalue weighted by Gasteiger charge is 2.12. The lowest BCUT2D eigenvalue weighted by Gasteiger charge is -2.04. The highest BCUT2D eigenvalue weighted by atomic mass is 19.1. The Kier molecular flexibility index (Phi) is 2.63. The van der Waals surface area contributed by atoms with Crippen LogP contribution in [0.1, 0.15) is 5.69 Å². The van der Waals surface area contributed by atoms with Crippen molar-refractivity contribution in [3.63, 3.8) is 0 Å². The molecule has 0 fully saturated rings. The van der Waals surface area contributed by atoms with Gasteiger partial charge in [0.25, 0.3) is 0 Å². The lowest BCUT2D eigenvalue weighted by molar-refractivity contribution is -0.136. The van der Waals surface area contributed by atoms with Gasteiger partial charge in [-0.15, -0.1) is 5.10 Å². The average Bonchev–Trinajstić information content (AvgIpc) is 2.66. The molecule has 0 unspecified atom stereocenters. The van der Waals surface area contributed by atoms with Crippen LogP contribution in [0.4, 0.5) is 4.39 Å². The number of aromatic nitrogens is 3. The van der Waals surface area contributed by atoms with Crippen LogP contribution in [0.5, 0.6) is 0 Å². The molecule has 2 aromatic rings. The molecule has 0 radical (unpaired) electrons. The highest BCUT2D eigenvalue weighted by molar-refractivity contribution is 5.69. The van der Waals surface area contributed by atoms with Gasteiger partial charge in [-0.05, 0) is 12.1 Å². The van der Waals surface area contributed by atoms with Crippen LogP contribution in [0.25, 0.3) is 5.69 Å². The lowest BCUT2D eigenvalue weighted by atomic mass is 10.3. The molecule has 0 aliphatic heterocycles. The number of halogens is 1. The third-order valence-corrected chi connectivity index (χ3v) is 2.03. The zero-order valence-corrected chi connectivity index (χ0v) is 8.17. The minimum absolute atomic E-state index is 0.191. The summed E-state index contributed by atoms with van der Waals surface area (Å²) in [6.45, 7) is 0. The quantitative estimate of drug-likeness (QED) is 0.840. The van der Waals surface area contributed by atoms with Crippen LogP contribution in [0.15, 0.2) is 30.5 Å². The zero-order chi connectivity index (χ0) is 11.5. The smallest absolute Gasteiger partial charge is 0.309 e. The molecular formula is C10H8FN3O2. The maximum Gasteiger partial charge on any atom is 0.309 e. The number of hydrogen-bond donors (Lipinski definition) is 1. The van der Waals surface area contributed by atoms with Gasteiger partial charge in [-0.1, -0.05) is 17.3 Å². The van der Waals surface area contributed by atoms with Crippen LogP contribution < -0.4 is 0 Å². The number of hydrogen-bond acceptors (Lipinski definition) is 3. The highest BCUT2D eigenvalue weighted by Crippen LogP contribution is 2.13. The summed E-state index contributed by atoms with van der Waals surface area (Å²) in [6, 6.07) is 5.98. The van der Waals surface area contributed by atoms with Gasteiger partial charge in [0.1, 0.15) is 11.5 Å². The second-order valence-corrected chi connectivity index (χ2v) is 3.16. The first kappa shape index (κ1) is 10.3. The maximum atomic E-state index is 13.4. The Morgan fingerprint density at radius 1 is 1.44 bits per heavy atom. The third kappa shape index (κ3) is 1.90. The fourth-order valence-corrected chi connectivity index (χ4v) is 1.36. The van der Waals surface area contributed by atoms with Gasteiger partial charge in [0.2, 0.25) is 0 Å². The average molecular weight is 221 g/mol. The van der Waals surface area contributed by atoms with Crippen molar-refractivity contribution in [3.05, 3.63) is 42.0 Å². The minimum Gasteiger partial charge on any atom is -0.481 e. The Hall–Kier alpha value is -2.24. The fraction of sp³-hybridized carbons (Fsp3) is 0.100. The number of carbonyl (C=O) groups is 1. The summed E-state index contributed by atoms with van der Waals surface area (Å²) >= 11 is 0. The van der Waals surface area contributed by atoms with Crippen molar-refractivity contribution in [2.75, 3.05) is 0 Å². The van der Waals surface area contributed by atoms with Gasteiger partial charge < -0.3 is 5.11 Å². The van der Waals surface area contributed by atoms with E-state index in [2.05, 4.69) is 10.3 Å². The predicted octanol–water partition coefficient (Wildman–Crippen LogP) is 1.03. The Bertz CT molecular complexity index is 524. The van der Waals surface area contributed by atoms with E-state index in [4.69, 9.17) is 5.11 Å². The first-order valence-electron chi connectivity index (χ1n) is 4.55. The number of para-hydroxylation sites is 1. The van der Waals surface area contributed by atoms with Crippen LogP contribution in [0.3, 0.4) is 0 Å². The zero-order valence-electron chi connectivity index (χ0n) is 8.17. The molecule has 0 spiro atoms. The molecule has 1 aromatic heterocycles. The molecule has 0 bridgehead atoms. The largest absolute Gasteiger partial charge is 0.481 e. The Balaban J connectivity index is 2.45. The molecule has 0 aliphatic rings. The van der Waals surface area contributed by atoms with Gasteiger partial charge in [0, 0.05) is 0 Å². The van der Waals surface area contributed by atoms with Crippen LogP contribution in [-0.4, -0.2) is 26.1 Å². The molecule has 16 heavy (non-hydrogen) atoms. The Morgan fingerprint density at radius 2 is 2.19 bits per heavy atom. The molecule has 1 aromatic carbocycles. The first-order valence-corrected chi connectivity index (χ1v) is 4.55. The molecule has 0 saturated carbocycles. The van der Waals surface area contributed by atoms with Crippen LogP contribution >= 0.6 is 0 Å². The normalized spacial score (nSPS) is 10.3. The van der Waals surface area contributed by atoms with E-state index < -0.39 is 11.8 Å². The van der Waals surface area contributed by atoms with E-state index in [0.29, 0.717) is 5.69 Å². The van der Waals surface area contributed by atoms with E-state index >= 15 is 0 Å². The van der Waals surface area contributed by atoms with Gasteiger partial charge in [0.05, 0.1) is 18.3 Å². The summed E-state index contributed by atoms with van der Waals surface area (Å²) in [5.74, 6) is -1.49. The van der Waals surface area contributed by atoms with Crippen molar-refractivity contribution in [3.8, 4) is 5.69 Å². The van der Waals surface area contributed by atoms with Crippen molar-refractivity contribution < 1.29 is 14.3 Å². The molecule has 6 heteroatoms. The van der Waals surface area contributed by atoms with Crippen molar-refractivity contribution in [1.82, 2.24) is 15.0 Å². The van der Waals surface area contributed by atoms with E-state index in [1.54, 1.807) is 12.1 Å². The molecular weight excluding hydrogens is 213 g/mol. The van der Waals surface area contributed by atoms with Crippen LogP contribution in [0.2, 0.25) is 0 Å². The van der Waals surface area contributed by atoms with Gasteiger partial charge >= 0.3 is 5.97 Å². The summed E-state index contributed by atoms with van der Waals surface area (Å²) in [5, 5.41) is 15.9. The molecule has 5 nitrogen and oxygen atoms in total. The molecule has 1 heterocycles. The lowest BCUT2D eigenvalue weighted by Crippen LogP contribution is -2.09. The summed E-state index contributed by atoms with van der Waals surface area (Å²) in [6.07, 6.45) is 1.06.